The van der Waals surface area contributed by atoms with Crippen LogP contribution in [0.15, 0.2) is 18.2 Å². The summed E-state index contributed by atoms with van der Waals surface area (Å²) >= 11 is 0. The first-order valence-electron chi connectivity index (χ1n) is 5.88. The fourth-order valence-electron chi connectivity index (χ4n) is 2.24. The summed E-state index contributed by atoms with van der Waals surface area (Å²) in [6.45, 7) is 3.18. The summed E-state index contributed by atoms with van der Waals surface area (Å²) in [5.74, 6) is -0.317. The van der Waals surface area contributed by atoms with Gasteiger partial charge in [0.05, 0.1) is 0 Å². The molecule has 0 saturated heterocycles. The molecule has 0 aromatic heterocycles. The lowest BCUT2D eigenvalue weighted by molar-refractivity contribution is -0.121. The molecular formula is C13H17FN2O. The molecule has 0 fully saturated rings. The Balaban J connectivity index is 2.21. The average molecular weight is 236 g/mol. The van der Waals surface area contributed by atoms with Crippen molar-refractivity contribution in [1.29, 1.82) is 0 Å². The van der Waals surface area contributed by atoms with Crippen LogP contribution in [0.1, 0.15) is 12.5 Å². The Labute approximate surface area is 101 Å². The van der Waals surface area contributed by atoms with E-state index < -0.39 is 0 Å². The Morgan fingerprint density at radius 2 is 2.35 bits per heavy atom. The monoisotopic (exact) mass is 236 g/mol. The van der Waals surface area contributed by atoms with Crippen LogP contribution in [-0.2, 0) is 11.2 Å². The van der Waals surface area contributed by atoms with Gasteiger partial charge >= 0.3 is 0 Å². The zero-order valence-corrected chi connectivity index (χ0v) is 10.2. The highest BCUT2D eigenvalue weighted by molar-refractivity contribution is 5.96. The van der Waals surface area contributed by atoms with E-state index in [-0.39, 0.29) is 17.6 Å². The van der Waals surface area contributed by atoms with E-state index in [1.807, 2.05) is 14.0 Å². The summed E-state index contributed by atoms with van der Waals surface area (Å²) < 4.78 is 13.2. The number of carbonyl (C=O) groups excluding carboxylic acids is 1. The molecule has 1 N–H and O–H groups in total. The highest BCUT2D eigenvalue weighted by Crippen LogP contribution is 2.29. The van der Waals surface area contributed by atoms with Crippen LogP contribution in [0, 0.1) is 11.7 Å². The van der Waals surface area contributed by atoms with Crippen LogP contribution in [0.3, 0.4) is 0 Å². The van der Waals surface area contributed by atoms with Crippen molar-refractivity contribution in [2.24, 2.45) is 5.92 Å². The molecule has 1 heterocycles. The first-order chi connectivity index (χ1) is 8.13. The molecule has 92 valence electrons. The molecule has 17 heavy (non-hydrogen) atoms. The molecule has 1 aromatic carbocycles. The van der Waals surface area contributed by atoms with E-state index in [1.165, 1.54) is 12.1 Å². The number of benzene rings is 1. The van der Waals surface area contributed by atoms with E-state index in [4.69, 9.17) is 0 Å². The first-order valence-corrected chi connectivity index (χ1v) is 5.88. The molecule has 0 radical (unpaired) electrons. The maximum Gasteiger partial charge on any atom is 0.231 e. The highest BCUT2D eigenvalue weighted by atomic mass is 19.1. The Hall–Kier alpha value is -1.42. The van der Waals surface area contributed by atoms with Gasteiger partial charge in [0, 0.05) is 24.7 Å². The van der Waals surface area contributed by atoms with E-state index in [1.54, 1.807) is 11.0 Å². The summed E-state index contributed by atoms with van der Waals surface area (Å²) in [6.07, 6.45) is 0.813. The van der Waals surface area contributed by atoms with Crippen molar-refractivity contribution in [3.8, 4) is 0 Å². The summed E-state index contributed by atoms with van der Waals surface area (Å²) in [5, 5.41) is 2.99. The van der Waals surface area contributed by atoms with Crippen molar-refractivity contribution in [3.63, 3.8) is 0 Å². The minimum atomic E-state index is -0.287. The van der Waals surface area contributed by atoms with E-state index in [9.17, 15) is 9.18 Å². The molecule has 1 aliphatic rings. The predicted molar refractivity (Wildman–Crippen MR) is 65.5 cm³/mol. The lowest BCUT2D eigenvalue weighted by Gasteiger charge is -2.21. The van der Waals surface area contributed by atoms with Crippen molar-refractivity contribution in [2.45, 2.75) is 13.3 Å². The SMILES string of the molecule is CNCC(C)C(=O)N1CCc2ccc(F)cc21. The molecule has 3 nitrogen and oxygen atoms in total. The normalized spacial score (nSPS) is 15.8. The number of nitrogens with zero attached hydrogens (tertiary/aromatic N) is 1. The van der Waals surface area contributed by atoms with Gasteiger partial charge in [0.2, 0.25) is 5.91 Å². The smallest absolute Gasteiger partial charge is 0.231 e. The third-order valence-electron chi connectivity index (χ3n) is 3.14. The van der Waals surface area contributed by atoms with Gasteiger partial charge in [-0.05, 0) is 31.2 Å². The summed E-state index contributed by atoms with van der Waals surface area (Å²) in [7, 11) is 1.82. The van der Waals surface area contributed by atoms with Gasteiger partial charge in [-0.15, -0.1) is 0 Å². The Morgan fingerprint density at radius 3 is 3.06 bits per heavy atom. The summed E-state index contributed by atoms with van der Waals surface area (Å²) in [6, 6.07) is 4.66. The molecule has 4 heteroatoms. The molecule has 1 atom stereocenters. The van der Waals surface area contributed by atoms with Crippen LogP contribution >= 0.6 is 0 Å². The number of nitrogens with one attached hydrogen (secondary N) is 1. The van der Waals surface area contributed by atoms with Crippen molar-refractivity contribution < 1.29 is 9.18 Å². The largest absolute Gasteiger partial charge is 0.319 e. The van der Waals surface area contributed by atoms with Crippen LogP contribution in [0.4, 0.5) is 10.1 Å². The molecule has 1 aliphatic heterocycles. The van der Waals surface area contributed by atoms with Gasteiger partial charge in [0.25, 0.3) is 0 Å². The number of hydrogen-bond acceptors (Lipinski definition) is 2. The van der Waals surface area contributed by atoms with Gasteiger partial charge < -0.3 is 10.2 Å². The third kappa shape index (κ3) is 2.31. The average Bonchev–Trinajstić information content (AvgIpc) is 2.71. The summed E-state index contributed by atoms with van der Waals surface area (Å²) in [5.41, 5.74) is 1.79. The second-order valence-corrected chi connectivity index (χ2v) is 4.47. The fourth-order valence-corrected chi connectivity index (χ4v) is 2.24. The van der Waals surface area contributed by atoms with Crippen molar-refractivity contribution >= 4 is 11.6 Å². The van der Waals surface area contributed by atoms with Gasteiger partial charge in [0.15, 0.2) is 0 Å². The van der Waals surface area contributed by atoms with E-state index >= 15 is 0 Å². The predicted octanol–water partition coefficient (Wildman–Crippen LogP) is 1.57. The van der Waals surface area contributed by atoms with Crippen LogP contribution in [0.5, 0.6) is 0 Å². The zero-order chi connectivity index (χ0) is 12.4. The Bertz CT molecular complexity index is 433. The second-order valence-electron chi connectivity index (χ2n) is 4.47. The Kier molecular flexibility index (Phi) is 3.43. The van der Waals surface area contributed by atoms with Crippen LogP contribution in [0.25, 0.3) is 0 Å². The Morgan fingerprint density at radius 1 is 1.59 bits per heavy atom. The number of carbonyl (C=O) groups is 1. The molecule has 1 amide bonds. The van der Waals surface area contributed by atoms with Gasteiger partial charge in [-0.1, -0.05) is 13.0 Å². The minimum absolute atomic E-state index is 0.0590. The third-order valence-corrected chi connectivity index (χ3v) is 3.14. The lowest BCUT2D eigenvalue weighted by atomic mass is 10.1. The van der Waals surface area contributed by atoms with Gasteiger partial charge in [0.1, 0.15) is 5.82 Å². The van der Waals surface area contributed by atoms with E-state index in [0.29, 0.717) is 13.1 Å². The molecule has 2 rings (SSSR count). The number of halogens is 1. The van der Waals surface area contributed by atoms with Crippen molar-refractivity contribution in [2.75, 3.05) is 25.0 Å². The lowest BCUT2D eigenvalue weighted by Crippen LogP contribution is -2.37. The zero-order valence-electron chi connectivity index (χ0n) is 10.2. The van der Waals surface area contributed by atoms with Crippen molar-refractivity contribution in [3.05, 3.63) is 29.6 Å². The van der Waals surface area contributed by atoms with Crippen LogP contribution in [-0.4, -0.2) is 26.0 Å². The number of hydrogen-bond donors (Lipinski definition) is 1. The van der Waals surface area contributed by atoms with Gasteiger partial charge in [-0.2, -0.15) is 0 Å². The molecule has 0 bridgehead atoms. The minimum Gasteiger partial charge on any atom is -0.319 e. The molecule has 0 aliphatic carbocycles. The molecule has 1 unspecified atom stereocenters. The maximum atomic E-state index is 13.2. The number of amides is 1. The molecule has 0 saturated carbocycles. The topological polar surface area (TPSA) is 32.3 Å². The summed E-state index contributed by atoms with van der Waals surface area (Å²) in [4.78, 5) is 13.9. The standard InChI is InChI=1S/C13H17FN2O/c1-9(8-15-2)13(17)16-6-5-10-3-4-11(14)7-12(10)16/h3-4,7,9,15H,5-6,8H2,1-2H3. The quantitative estimate of drug-likeness (QED) is 0.864. The first kappa shape index (κ1) is 12.0. The van der Waals surface area contributed by atoms with Gasteiger partial charge in [-0.3, -0.25) is 4.79 Å². The van der Waals surface area contributed by atoms with Gasteiger partial charge in [-0.25, -0.2) is 4.39 Å². The maximum absolute atomic E-state index is 13.2. The number of fused-ring (bicyclic) bond motifs is 1. The highest BCUT2D eigenvalue weighted by Gasteiger charge is 2.27. The molecule has 1 aromatic rings. The molecule has 0 spiro atoms. The van der Waals surface area contributed by atoms with E-state index in [2.05, 4.69) is 5.32 Å². The second kappa shape index (κ2) is 4.84. The van der Waals surface area contributed by atoms with E-state index in [0.717, 1.165) is 17.7 Å². The van der Waals surface area contributed by atoms with Crippen LogP contribution in [0.2, 0.25) is 0 Å². The van der Waals surface area contributed by atoms with Crippen LogP contribution < -0.4 is 10.2 Å². The number of rotatable bonds is 3. The molecular weight excluding hydrogens is 219 g/mol. The number of anilines is 1. The fraction of sp³-hybridized carbons (Fsp3) is 0.462. The van der Waals surface area contributed by atoms with Crippen molar-refractivity contribution in [1.82, 2.24) is 5.32 Å².